The molecule has 3 nitrogen and oxygen atoms in total. The van der Waals surface area contributed by atoms with Crippen LogP contribution in [0, 0.1) is 0 Å². The Labute approximate surface area is 111 Å². The molecule has 0 aromatic heterocycles. The molecule has 0 bridgehead atoms. The van der Waals surface area contributed by atoms with E-state index < -0.39 is 0 Å². The maximum absolute atomic E-state index is 5.08. The molecule has 0 saturated carbocycles. The first-order valence-corrected chi connectivity index (χ1v) is 6.72. The Hall–Kier alpha value is -0.900. The number of benzene rings is 1. The minimum Gasteiger partial charge on any atom is -0.383 e. The summed E-state index contributed by atoms with van der Waals surface area (Å²) in [5.74, 6) is 0. The minimum atomic E-state index is 0.789. The van der Waals surface area contributed by atoms with E-state index in [1.807, 2.05) is 0 Å². The van der Waals surface area contributed by atoms with Crippen molar-refractivity contribution < 1.29 is 4.74 Å². The second kappa shape index (κ2) is 9.09. The SMILES string of the molecule is CCNCCc1ccc(CN(C)CCOC)cc1. The molecule has 3 heteroatoms. The van der Waals surface area contributed by atoms with Gasteiger partial charge in [0.1, 0.15) is 0 Å². The van der Waals surface area contributed by atoms with Crippen LogP contribution in [0.4, 0.5) is 0 Å². The zero-order valence-electron chi connectivity index (χ0n) is 11.9. The van der Waals surface area contributed by atoms with Crippen LogP contribution in [0.2, 0.25) is 0 Å². The highest BCUT2D eigenvalue weighted by molar-refractivity contribution is 5.22. The van der Waals surface area contributed by atoms with Crippen LogP contribution in [0.25, 0.3) is 0 Å². The van der Waals surface area contributed by atoms with Gasteiger partial charge in [-0.25, -0.2) is 0 Å². The van der Waals surface area contributed by atoms with Crippen molar-refractivity contribution in [2.75, 3.05) is 40.4 Å². The number of hydrogen-bond acceptors (Lipinski definition) is 3. The molecule has 0 spiro atoms. The highest BCUT2D eigenvalue weighted by Crippen LogP contribution is 2.07. The van der Waals surface area contributed by atoms with Gasteiger partial charge in [-0.05, 0) is 37.7 Å². The Morgan fingerprint density at radius 2 is 1.83 bits per heavy atom. The first-order valence-electron chi connectivity index (χ1n) is 6.72. The predicted octanol–water partition coefficient (Wildman–Crippen LogP) is 1.92. The zero-order chi connectivity index (χ0) is 13.2. The van der Waals surface area contributed by atoms with Gasteiger partial charge in [0, 0.05) is 20.2 Å². The summed E-state index contributed by atoms with van der Waals surface area (Å²) < 4.78 is 5.08. The van der Waals surface area contributed by atoms with Crippen LogP contribution in [0.5, 0.6) is 0 Å². The monoisotopic (exact) mass is 250 g/mol. The molecular weight excluding hydrogens is 224 g/mol. The molecule has 0 amide bonds. The van der Waals surface area contributed by atoms with Gasteiger partial charge in [-0.2, -0.15) is 0 Å². The number of nitrogens with one attached hydrogen (secondary N) is 1. The predicted molar refractivity (Wildman–Crippen MR) is 76.9 cm³/mol. The Kier molecular flexibility index (Phi) is 7.65. The van der Waals surface area contributed by atoms with E-state index in [2.05, 4.69) is 48.5 Å². The molecule has 1 rings (SSSR count). The quantitative estimate of drug-likeness (QED) is 0.678. The van der Waals surface area contributed by atoms with Crippen LogP contribution in [0.15, 0.2) is 24.3 Å². The average molecular weight is 250 g/mol. The summed E-state index contributed by atoms with van der Waals surface area (Å²) in [4.78, 5) is 2.27. The van der Waals surface area contributed by atoms with Crippen LogP contribution in [0.1, 0.15) is 18.1 Å². The van der Waals surface area contributed by atoms with E-state index in [9.17, 15) is 0 Å². The fourth-order valence-electron chi connectivity index (χ4n) is 1.86. The fourth-order valence-corrected chi connectivity index (χ4v) is 1.86. The standard InChI is InChI=1S/C15H26N2O/c1-4-16-10-9-14-5-7-15(8-6-14)13-17(2)11-12-18-3/h5-8,16H,4,9-13H2,1-3H3. The summed E-state index contributed by atoms with van der Waals surface area (Å²) in [6.07, 6.45) is 1.10. The van der Waals surface area contributed by atoms with Gasteiger partial charge in [-0.1, -0.05) is 31.2 Å². The van der Waals surface area contributed by atoms with Gasteiger partial charge < -0.3 is 10.1 Å². The van der Waals surface area contributed by atoms with Crippen molar-refractivity contribution in [3.8, 4) is 0 Å². The van der Waals surface area contributed by atoms with Gasteiger partial charge in [0.15, 0.2) is 0 Å². The van der Waals surface area contributed by atoms with Gasteiger partial charge in [0.05, 0.1) is 6.61 Å². The molecule has 0 aliphatic carbocycles. The lowest BCUT2D eigenvalue weighted by Crippen LogP contribution is -2.22. The van der Waals surface area contributed by atoms with Crippen LogP contribution >= 0.6 is 0 Å². The van der Waals surface area contributed by atoms with Crippen molar-refractivity contribution in [3.05, 3.63) is 35.4 Å². The summed E-state index contributed by atoms with van der Waals surface area (Å²) in [7, 11) is 3.87. The fraction of sp³-hybridized carbons (Fsp3) is 0.600. The molecule has 18 heavy (non-hydrogen) atoms. The van der Waals surface area contributed by atoms with Gasteiger partial charge in [-0.15, -0.1) is 0 Å². The Morgan fingerprint density at radius 3 is 2.44 bits per heavy atom. The highest BCUT2D eigenvalue weighted by Gasteiger charge is 2.00. The molecule has 0 radical (unpaired) electrons. The van der Waals surface area contributed by atoms with E-state index in [1.165, 1.54) is 11.1 Å². The van der Waals surface area contributed by atoms with E-state index in [0.29, 0.717) is 0 Å². The molecule has 1 aromatic carbocycles. The van der Waals surface area contributed by atoms with E-state index in [0.717, 1.165) is 39.2 Å². The zero-order valence-corrected chi connectivity index (χ0v) is 11.9. The molecule has 0 fully saturated rings. The van der Waals surface area contributed by atoms with Crippen LogP contribution in [-0.2, 0) is 17.7 Å². The lowest BCUT2D eigenvalue weighted by molar-refractivity contribution is 0.158. The van der Waals surface area contributed by atoms with Gasteiger partial charge >= 0.3 is 0 Å². The molecule has 1 N–H and O–H groups in total. The van der Waals surface area contributed by atoms with Gasteiger partial charge in [-0.3, -0.25) is 4.90 Å². The van der Waals surface area contributed by atoms with Crippen molar-refractivity contribution in [2.45, 2.75) is 19.9 Å². The maximum Gasteiger partial charge on any atom is 0.0589 e. The number of hydrogen-bond donors (Lipinski definition) is 1. The smallest absolute Gasteiger partial charge is 0.0589 e. The van der Waals surface area contributed by atoms with E-state index >= 15 is 0 Å². The van der Waals surface area contributed by atoms with Crippen molar-refractivity contribution in [3.63, 3.8) is 0 Å². The second-order valence-electron chi connectivity index (χ2n) is 4.65. The number of methoxy groups -OCH3 is 1. The lowest BCUT2D eigenvalue weighted by atomic mass is 10.1. The highest BCUT2D eigenvalue weighted by atomic mass is 16.5. The second-order valence-corrected chi connectivity index (χ2v) is 4.65. The molecule has 0 atom stereocenters. The molecule has 1 aromatic rings. The Balaban J connectivity index is 2.35. The van der Waals surface area contributed by atoms with Crippen LogP contribution in [-0.4, -0.2) is 45.3 Å². The van der Waals surface area contributed by atoms with Gasteiger partial charge in [0.2, 0.25) is 0 Å². The lowest BCUT2D eigenvalue weighted by Gasteiger charge is -2.16. The summed E-state index contributed by atoms with van der Waals surface area (Å²) in [6.45, 7) is 6.98. The molecule has 102 valence electrons. The van der Waals surface area contributed by atoms with Crippen molar-refractivity contribution >= 4 is 0 Å². The van der Waals surface area contributed by atoms with E-state index in [-0.39, 0.29) is 0 Å². The summed E-state index contributed by atoms with van der Waals surface area (Å²) in [5, 5.41) is 3.34. The number of nitrogens with zero attached hydrogens (tertiary/aromatic N) is 1. The van der Waals surface area contributed by atoms with E-state index in [4.69, 9.17) is 4.74 Å². The number of likely N-dealkylation sites (N-methyl/N-ethyl adjacent to an activating group) is 2. The van der Waals surface area contributed by atoms with E-state index in [1.54, 1.807) is 7.11 Å². The Bertz CT molecular complexity index is 311. The van der Waals surface area contributed by atoms with Gasteiger partial charge in [0.25, 0.3) is 0 Å². The first-order chi connectivity index (χ1) is 8.76. The average Bonchev–Trinajstić information content (AvgIpc) is 2.39. The minimum absolute atomic E-state index is 0.789. The molecule has 0 unspecified atom stereocenters. The van der Waals surface area contributed by atoms with Crippen molar-refractivity contribution in [1.82, 2.24) is 10.2 Å². The molecule has 0 saturated heterocycles. The molecule has 0 aliphatic heterocycles. The number of rotatable bonds is 9. The molecule has 0 heterocycles. The number of ether oxygens (including phenoxy) is 1. The van der Waals surface area contributed by atoms with Crippen molar-refractivity contribution in [2.24, 2.45) is 0 Å². The third-order valence-electron chi connectivity index (χ3n) is 2.99. The van der Waals surface area contributed by atoms with Crippen LogP contribution in [0.3, 0.4) is 0 Å². The first kappa shape index (κ1) is 15.2. The summed E-state index contributed by atoms with van der Waals surface area (Å²) >= 11 is 0. The van der Waals surface area contributed by atoms with Crippen molar-refractivity contribution in [1.29, 1.82) is 0 Å². The summed E-state index contributed by atoms with van der Waals surface area (Å²) in [6, 6.07) is 8.92. The molecule has 0 aliphatic rings. The third kappa shape index (κ3) is 6.15. The third-order valence-corrected chi connectivity index (χ3v) is 2.99. The van der Waals surface area contributed by atoms with Crippen LogP contribution < -0.4 is 5.32 Å². The summed E-state index contributed by atoms with van der Waals surface area (Å²) in [5.41, 5.74) is 2.76. The Morgan fingerprint density at radius 1 is 1.17 bits per heavy atom. The normalized spacial score (nSPS) is 11.1. The topological polar surface area (TPSA) is 24.5 Å². The molecular formula is C15H26N2O. The maximum atomic E-state index is 5.08. The largest absolute Gasteiger partial charge is 0.383 e.